The summed E-state index contributed by atoms with van der Waals surface area (Å²) in [7, 11) is 2.79. The number of nitrogens with zero attached hydrogens (tertiary/aromatic N) is 2. The van der Waals surface area contributed by atoms with E-state index in [1.807, 2.05) is 42.3 Å². The molecule has 1 aliphatic heterocycles. The number of aliphatic hydroxyl groups is 1. The smallest absolute Gasteiger partial charge is 0.431 e. The first-order valence-electron chi connectivity index (χ1n) is 14.7. The minimum absolute atomic E-state index is 0.0357. The van der Waals surface area contributed by atoms with E-state index >= 15 is 0 Å². The fraction of sp³-hybridized carbons (Fsp3) is 0.438. The molecule has 2 unspecified atom stereocenters. The summed E-state index contributed by atoms with van der Waals surface area (Å²) in [6.07, 6.45) is -2.92. The standard InChI is InChI=1S/C32H38F3N3O8/c1-21-26(27(22-12-11-13-23(18-22)38(42)43)28(30(40)44-3)29(36-21)32(33,34)35)31(41)45-17-10-5-4-9-16-37(2)19-24(39)20-46-25-14-7-6-8-15-25/h6-8,11-15,18,24,27,36,39H,4-5,9-10,16-17,19-20H2,1-3H3. The number of benzene rings is 2. The SMILES string of the molecule is COC(=O)C1=C(C(F)(F)F)NC(C)=C(C(=O)OCCCCCCN(C)CC(O)COc2ccccc2)C1c1cccc([N+](=O)[O-])c1. The van der Waals surface area contributed by atoms with Crippen molar-refractivity contribution in [1.82, 2.24) is 10.2 Å². The van der Waals surface area contributed by atoms with Crippen LogP contribution in [0, 0.1) is 10.1 Å². The van der Waals surface area contributed by atoms with E-state index in [-0.39, 0.29) is 30.0 Å². The van der Waals surface area contributed by atoms with Crippen molar-refractivity contribution in [1.29, 1.82) is 0 Å². The Morgan fingerprint density at radius 3 is 2.39 bits per heavy atom. The lowest BCUT2D eigenvalue weighted by Crippen LogP contribution is -2.38. The molecule has 0 saturated heterocycles. The summed E-state index contributed by atoms with van der Waals surface area (Å²) < 4.78 is 57.8. The monoisotopic (exact) mass is 649 g/mol. The molecule has 11 nitrogen and oxygen atoms in total. The van der Waals surface area contributed by atoms with Crippen LogP contribution in [-0.2, 0) is 19.1 Å². The molecule has 0 aromatic heterocycles. The number of hydrogen-bond donors (Lipinski definition) is 2. The van der Waals surface area contributed by atoms with Gasteiger partial charge in [-0.3, -0.25) is 10.1 Å². The molecule has 2 aromatic rings. The van der Waals surface area contributed by atoms with Crippen LogP contribution >= 0.6 is 0 Å². The van der Waals surface area contributed by atoms with Gasteiger partial charge in [0.2, 0.25) is 0 Å². The van der Waals surface area contributed by atoms with Gasteiger partial charge in [0, 0.05) is 24.4 Å². The van der Waals surface area contributed by atoms with Gasteiger partial charge in [0.1, 0.15) is 24.2 Å². The van der Waals surface area contributed by atoms with Crippen LogP contribution in [0.2, 0.25) is 0 Å². The first-order chi connectivity index (χ1) is 21.8. The van der Waals surface area contributed by atoms with Crippen molar-refractivity contribution >= 4 is 17.6 Å². The molecule has 0 aliphatic carbocycles. The molecule has 14 heteroatoms. The predicted molar refractivity (Wildman–Crippen MR) is 162 cm³/mol. The lowest BCUT2D eigenvalue weighted by Gasteiger charge is -2.31. The number of para-hydroxylation sites is 1. The number of hydrogen-bond acceptors (Lipinski definition) is 10. The average Bonchev–Trinajstić information content (AvgIpc) is 3.02. The van der Waals surface area contributed by atoms with E-state index in [9.17, 15) is 38.0 Å². The number of nitro benzene ring substituents is 1. The molecule has 0 spiro atoms. The number of ether oxygens (including phenoxy) is 3. The third-order valence-electron chi connectivity index (χ3n) is 7.26. The van der Waals surface area contributed by atoms with Crippen LogP contribution in [0.1, 0.15) is 44.1 Å². The van der Waals surface area contributed by atoms with Crippen LogP contribution in [-0.4, -0.2) is 79.6 Å². The van der Waals surface area contributed by atoms with Gasteiger partial charge in [-0.2, -0.15) is 13.2 Å². The summed E-state index contributed by atoms with van der Waals surface area (Å²) in [6.45, 7) is 2.52. The number of non-ortho nitro benzene ring substituents is 1. The van der Waals surface area contributed by atoms with Crippen LogP contribution in [0.3, 0.4) is 0 Å². The molecule has 3 rings (SSSR count). The maximum atomic E-state index is 14.1. The highest BCUT2D eigenvalue weighted by Gasteiger charge is 2.47. The molecule has 0 amide bonds. The number of rotatable bonds is 16. The molecule has 2 atom stereocenters. The number of likely N-dealkylation sites (N-methyl/N-ethyl adjacent to an activating group) is 1. The van der Waals surface area contributed by atoms with Crippen LogP contribution in [0.4, 0.5) is 18.9 Å². The molecule has 2 N–H and O–H groups in total. The van der Waals surface area contributed by atoms with Gasteiger partial charge in [-0.1, -0.05) is 43.2 Å². The molecule has 1 heterocycles. The Bertz CT molecular complexity index is 1430. The lowest BCUT2D eigenvalue weighted by atomic mass is 9.80. The number of allylic oxidation sites excluding steroid dienone is 2. The first-order valence-corrected chi connectivity index (χ1v) is 14.7. The summed E-state index contributed by atoms with van der Waals surface area (Å²) in [4.78, 5) is 38.7. The second-order valence-electron chi connectivity index (χ2n) is 10.8. The normalized spacial score (nSPS) is 15.8. The molecule has 2 aromatic carbocycles. The third-order valence-corrected chi connectivity index (χ3v) is 7.26. The number of esters is 2. The number of nitro groups is 1. The number of methoxy groups -OCH3 is 1. The Balaban J connectivity index is 1.58. The molecule has 0 fully saturated rings. The van der Waals surface area contributed by atoms with Gasteiger partial charge in [0.15, 0.2) is 0 Å². The van der Waals surface area contributed by atoms with Gasteiger partial charge in [0.05, 0.1) is 35.7 Å². The zero-order valence-corrected chi connectivity index (χ0v) is 25.8. The van der Waals surface area contributed by atoms with Crippen molar-refractivity contribution < 1.29 is 47.0 Å². The van der Waals surface area contributed by atoms with Crippen molar-refractivity contribution in [2.24, 2.45) is 0 Å². The largest absolute Gasteiger partial charge is 0.491 e. The summed E-state index contributed by atoms with van der Waals surface area (Å²) >= 11 is 0. The molecule has 1 aliphatic rings. The Hall–Kier alpha value is -4.43. The minimum atomic E-state index is -5.03. The average molecular weight is 650 g/mol. The summed E-state index contributed by atoms with van der Waals surface area (Å²) in [5.74, 6) is -3.27. The van der Waals surface area contributed by atoms with Crippen molar-refractivity contribution in [2.45, 2.75) is 50.8 Å². The van der Waals surface area contributed by atoms with E-state index in [4.69, 9.17) is 9.47 Å². The topological polar surface area (TPSA) is 140 Å². The van der Waals surface area contributed by atoms with Gasteiger partial charge >= 0.3 is 18.1 Å². The third kappa shape index (κ3) is 10.0. The van der Waals surface area contributed by atoms with Gasteiger partial charge in [-0.05, 0) is 51.1 Å². The summed E-state index contributed by atoms with van der Waals surface area (Å²) in [5, 5.41) is 23.8. The summed E-state index contributed by atoms with van der Waals surface area (Å²) in [5.41, 5.74) is -3.34. The van der Waals surface area contributed by atoms with Crippen LogP contribution < -0.4 is 10.1 Å². The molecule has 0 saturated carbocycles. The predicted octanol–water partition coefficient (Wildman–Crippen LogP) is 5.02. The Morgan fingerprint density at radius 1 is 1.04 bits per heavy atom. The highest BCUT2D eigenvalue weighted by molar-refractivity contribution is 6.00. The maximum absolute atomic E-state index is 14.1. The highest BCUT2D eigenvalue weighted by atomic mass is 19.4. The number of carbonyl (C=O) groups is 2. The van der Waals surface area contributed by atoms with E-state index in [0.29, 0.717) is 25.1 Å². The second-order valence-corrected chi connectivity index (χ2v) is 10.8. The second kappa shape index (κ2) is 16.8. The van der Waals surface area contributed by atoms with E-state index in [1.165, 1.54) is 19.1 Å². The number of aliphatic hydroxyl groups excluding tert-OH is 1. The molecule has 46 heavy (non-hydrogen) atoms. The van der Waals surface area contributed by atoms with Crippen molar-refractivity contribution in [2.75, 3.05) is 40.5 Å². The molecular formula is C32H38F3N3O8. The number of halogens is 3. The van der Waals surface area contributed by atoms with Crippen molar-refractivity contribution in [3.63, 3.8) is 0 Å². The maximum Gasteiger partial charge on any atom is 0.431 e. The van der Waals surface area contributed by atoms with E-state index in [1.54, 1.807) is 0 Å². The van der Waals surface area contributed by atoms with Crippen LogP contribution in [0.25, 0.3) is 0 Å². The number of dihydropyridines is 1. The zero-order chi connectivity index (χ0) is 33.9. The number of alkyl halides is 3. The van der Waals surface area contributed by atoms with Gasteiger partial charge in [0.25, 0.3) is 5.69 Å². The van der Waals surface area contributed by atoms with Crippen LogP contribution in [0.5, 0.6) is 5.75 Å². The number of unbranched alkanes of at least 4 members (excludes halogenated alkanes) is 3. The summed E-state index contributed by atoms with van der Waals surface area (Å²) in [6, 6.07) is 13.9. The molecular weight excluding hydrogens is 611 g/mol. The van der Waals surface area contributed by atoms with Gasteiger partial charge in [-0.15, -0.1) is 0 Å². The fourth-order valence-electron chi connectivity index (χ4n) is 5.10. The zero-order valence-electron chi connectivity index (χ0n) is 25.8. The van der Waals surface area contributed by atoms with Crippen molar-refractivity contribution in [3.05, 3.63) is 92.8 Å². The lowest BCUT2D eigenvalue weighted by molar-refractivity contribution is -0.384. The van der Waals surface area contributed by atoms with E-state index in [2.05, 4.69) is 10.1 Å². The molecule has 0 radical (unpaired) electrons. The van der Waals surface area contributed by atoms with E-state index in [0.717, 1.165) is 38.6 Å². The van der Waals surface area contributed by atoms with Crippen molar-refractivity contribution in [3.8, 4) is 5.75 Å². The number of nitrogens with one attached hydrogen (secondary N) is 1. The minimum Gasteiger partial charge on any atom is -0.491 e. The van der Waals surface area contributed by atoms with E-state index < -0.39 is 52.0 Å². The molecule has 0 bridgehead atoms. The Labute approximate surface area is 264 Å². The van der Waals surface area contributed by atoms with Gasteiger partial charge in [-0.25, -0.2) is 9.59 Å². The first kappa shape index (κ1) is 36.0. The fourth-order valence-corrected chi connectivity index (χ4v) is 5.10. The molecule has 250 valence electrons. The Morgan fingerprint density at radius 2 is 1.74 bits per heavy atom. The van der Waals surface area contributed by atoms with Gasteiger partial charge < -0.3 is 29.5 Å². The highest BCUT2D eigenvalue weighted by Crippen LogP contribution is 2.44. The quantitative estimate of drug-likeness (QED) is 0.110. The Kier molecular flexibility index (Phi) is 13.1. The van der Waals surface area contributed by atoms with Crippen LogP contribution in [0.15, 0.2) is 77.1 Å². The number of carbonyl (C=O) groups excluding carboxylic acids is 2.